The van der Waals surface area contributed by atoms with Crippen LogP contribution >= 0.6 is 11.3 Å². The van der Waals surface area contributed by atoms with Gasteiger partial charge in [-0.25, -0.2) is 13.2 Å². The lowest BCUT2D eigenvalue weighted by molar-refractivity contribution is -0.144. The molecule has 3 aromatic rings. The molecule has 1 spiro atoms. The maximum absolute atomic E-state index is 14.7. The number of hydrogen-bond donors (Lipinski definition) is 3. The number of carbonyl (C=O) groups excluding carboxylic acids is 3. The number of carbonyl (C=O) groups is 3. The molecule has 13 heteroatoms. The van der Waals surface area contributed by atoms with Crippen LogP contribution in [0.1, 0.15) is 80.2 Å². The lowest BCUT2D eigenvalue weighted by atomic mass is 9.70. The van der Waals surface area contributed by atoms with Gasteiger partial charge in [-0.05, 0) is 97.9 Å². The van der Waals surface area contributed by atoms with Gasteiger partial charge in [0.2, 0.25) is 5.91 Å². The third-order valence-corrected chi connectivity index (χ3v) is 13.9. The Bertz CT molecular complexity index is 1850. The Labute approximate surface area is 336 Å². The summed E-state index contributed by atoms with van der Waals surface area (Å²) < 4.78 is 29.3. The van der Waals surface area contributed by atoms with Crippen molar-refractivity contribution in [2.24, 2.45) is 11.1 Å². The summed E-state index contributed by atoms with van der Waals surface area (Å²) >= 11 is 1.60. The average molecular weight is 806 g/mol. The average Bonchev–Trinajstić information content (AvgIpc) is 3.87. The normalized spacial score (nSPS) is 23.3. The number of unbranched alkanes of at least 4 members (excludes halogenated alkanes) is 2. The summed E-state index contributed by atoms with van der Waals surface area (Å²) in [6, 6.07) is 21.0. The van der Waals surface area contributed by atoms with Gasteiger partial charge in [-0.1, -0.05) is 61.4 Å². The van der Waals surface area contributed by atoms with Crippen LogP contribution in [0.5, 0.6) is 5.75 Å². The Morgan fingerprint density at radius 3 is 2.52 bits per heavy atom. The highest BCUT2D eigenvalue weighted by Gasteiger charge is 2.43. The molecule has 2 aromatic carbocycles. The van der Waals surface area contributed by atoms with Crippen LogP contribution in [-0.4, -0.2) is 98.4 Å². The number of thiophene rings is 1. The minimum atomic E-state index is -3.07. The number of aryl methyl sites for hydroxylation is 1. The fraction of sp³-hybridized carbons (Fsp3) is 0.558. The van der Waals surface area contributed by atoms with Crippen molar-refractivity contribution in [1.82, 2.24) is 20.4 Å². The van der Waals surface area contributed by atoms with Gasteiger partial charge in [0.25, 0.3) is 0 Å². The molecule has 3 heterocycles. The fourth-order valence-electron chi connectivity index (χ4n) is 8.76. The van der Waals surface area contributed by atoms with Crippen LogP contribution < -0.4 is 21.1 Å². The Morgan fingerprint density at radius 2 is 1.79 bits per heavy atom. The van der Waals surface area contributed by atoms with Crippen molar-refractivity contribution in [3.63, 3.8) is 0 Å². The minimum Gasteiger partial charge on any atom is -0.410 e. The Hall–Kier alpha value is -3.62. The second-order valence-corrected chi connectivity index (χ2v) is 19.5. The number of piperazine rings is 1. The first-order valence-corrected chi connectivity index (χ1v) is 23.3. The van der Waals surface area contributed by atoms with Crippen LogP contribution in [-0.2, 0) is 38.8 Å². The smallest absolute Gasteiger partial charge is 0.410 e. The van der Waals surface area contributed by atoms with Gasteiger partial charge >= 0.3 is 6.09 Å². The van der Waals surface area contributed by atoms with Crippen molar-refractivity contribution >= 4 is 39.0 Å². The van der Waals surface area contributed by atoms with E-state index >= 15 is 0 Å². The van der Waals surface area contributed by atoms with Gasteiger partial charge in [-0.3, -0.25) is 9.59 Å². The number of sulfone groups is 1. The zero-order chi connectivity index (χ0) is 39.5. The highest BCUT2D eigenvalue weighted by Crippen LogP contribution is 2.43. The number of nitrogens with one attached hydrogen (secondary N) is 2. The Morgan fingerprint density at radius 1 is 1.00 bits per heavy atom. The van der Waals surface area contributed by atoms with Crippen molar-refractivity contribution in [2.45, 2.75) is 108 Å². The number of benzene rings is 2. The third kappa shape index (κ3) is 12.0. The lowest BCUT2D eigenvalue weighted by Crippen LogP contribution is -2.63. The maximum atomic E-state index is 14.7. The number of Topliss-reactive ketones (excluding diaryl/α,β-unsaturated/α-hetero) is 1. The lowest BCUT2D eigenvalue weighted by Gasteiger charge is -2.43. The second kappa shape index (κ2) is 19.7. The van der Waals surface area contributed by atoms with E-state index in [0.717, 1.165) is 55.5 Å². The fourth-order valence-corrected chi connectivity index (χ4v) is 10.2. The molecule has 6 rings (SSSR count). The van der Waals surface area contributed by atoms with Crippen LogP contribution in [0.25, 0.3) is 0 Å². The van der Waals surface area contributed by atoms with Crippen molar-refractivity contribution in [1.29, 1.82) is 0 Å². The molecule has 3 aliphatic rings. The summed E-state index contributed by atoms with van der Waals surface area (Å²) in [7, 11) is -3.07. The van der Waals surface area contributed by atoms with E-state index in [4.69, 9.17) is 10.5 Å². The van der Waals surface area contributed by atoms with E-state index in [2.05, 4.69) is 41.0 Å². The van der Waals surface area contributed by atoms with E-state index in [1.165, 1.54) is 16.7 Å². The molecule has 4 N–H and O–H groups in total. The van der Waals surface area contributed by atoms with Crippen molar-refractivity contribution in [3.05, 3.63) is 88.1 Å². The Kier molecular flexibility index (Phi) is 14.8. The third-order valence-electron chi connectivity index (χ3n) is 11.9. The first-order chi connectivity index (χ1) is 27.0. The van der Waals surface area contributed by atoms with Crippen LogP contribution in [0, 0.1) is 5.41 Å². The monoisotopic (exact) mass is 805 g/mol. The molecule has 0 radical (unpaired) electrons. The van der Waals surface area contributed by atoms with E-state index in [1.54, 1.807) is 34.4 Å². The summed E-state index contributed by atoms with van der Waals surface area (Å²) in [6.45, 7) is 1.82. The number of ether oxygens (including phenoxy) is 1. The van der Waals surface area contributed by atoms with E-state index < -0.39 is 28.0 Å². The summed E-state index contributed by atoms with van der Waals surface area (Å²) in [5, 5.41) is 9.54. The SMILES string of the molecule is CS(=O)(=O)CCCCC[C@@H](NC1CCC2(CC1)CNC(Cc1ccccc1)C2)C(=O)N1CCN(C(=O)Oc2cccc(CN)c2)C[C@H]1C(=O)CCc1cccs1. The molecule has 2 amide bonds. The molecule has 1 aliphatic carbocycles. The van der Waals surface area contributed by atoms with Gasteiger partial charge in [0.1, 0.15) is 21.6 Å². The number of nitrogens with zero attached hydrogens (tertiary/aromatic N) is 2. The molecule has 304 valence electrons. The molecule has 2 saturated heterocycles. The molecule has 3 fully saturated rings. The molecule has 2 aliphatic heterocycles. The van der Waals surface area contributed by atoms with Crippen LogP contribution in [0.4, 0.5) is 4.79 Å². The van der Waals surface area contributed by atoms with Gasteiger partial charge in [-0.2, -0.15) is 0 Å². The molecule has 1 unspecified atom stereocenters. The Balaban J connectivity index is 1.13. The first kappa shape index (κ1) is 42.0. The van der Waals surface area contributed by atoms with E-state index in [-0.39, 0.29) is 55.0 Å². The maximum Gasteiger partial charge on any atom is 0.415 e. The number of ketones is 1. The zero-order valence-corrected chi connectivity index (χ0v) is 34.3. The van der Waals surface area contributed by atoms with E-state index in [0.29, 0.717) is 50.4 Å². The summed E-state index contributed by atoms with van der Waals surface area (Å²) in [5.74, 6) is 0.293. The molecule has 0 bridgehead atoms. The molecule has 3 atom stereocenters. The van der Waals surface area contributed by atoms with Crippen molar-refractivity contribution in [2.75, 3.05) is 38.2 Å². The molecular formula is C43H59N5O6S2. The first-order valence-electron chi connectivity index (χ1n) is 20.3. The van der Waals surface area contributed by atoms with Gasteiger partial charge in [0.05, 0.1) is 12.6 Å². The van der Waals surface area contributed by atoms with Gasteiger partial charge < -0.3 is 30.9 Å². The summed E-state index contributed by atoms with van der Waals surface area (Å²) in [4.78, 5) is 46.5. The summed E-state index contributed by atoms with van der Waals surface area (Å²) in [6.07, 6.45) is 10.2. The quantitative estimate of drug-likeness (QED) is 0.150. The molecular weight excluding hydrogens is 747 g/mol. The van der Waals surface area contributed by atoms with Gasteiger partial charge in [-0.15, -0.1) is 11.3 Å². The number of nitrogens with two attached hydrogens (primary N) is 1. The van der Waals surface area contributed by atoms with Crippen LogP contribution in [0.3, 0.4) is 0 Å². The van der Waals surface area contributed by atoms with Crippen molar-refractivity contribution < 1.29 is 27.5 Å². The van der Waals surface area contributed by atoms with Gasteiger partial charge in [0, 0.05) is 61.6 Å². The van der Waals surface area contributed by atoms with Crippen molar-refractivity contribution in [3.8, 4) is 5.75 Å². The predicted octanol–water partition coefficient (Wildman–Crippen LogP) is 5.52. The molecule has 56 heavy (non-hydrogen) atoms. The highest BCUT2D eigenvalue weighted by molar-refractivity contribution is 7.90. The summed E-state index contributed by atoms with van der Waals surface area (Å²) in [5.41, 5.74) is 8.25. The predicted molar refractivity (Wildman–Crippen MR) is 221 cm³/mol. The number of rotatable bonds is 17. The van der Waals surface area contributed by atoms with Crippen LogP contribution in [0.2, 0.25) is 0 Å². The second-order valence-electron chi connectivity index (χ2n) is 16.2. The topological polar surface area (TPSA) is 151 Å². The largest absolute Gasteiger partial charge is 0.415 e. The standard InChI is InChI=1S/C43H59N5O6S2/c1-56(52,53)25-7-3-6-15-38(46-34-18-20-43(21-19-34)28-35(45-31-43)26-32-10-4-2-5-11-32)41(50)48-23-22-47(42(51)54-36-13-8-12-33(27-36)29-44)30-39(48)40(49)17-16-37-14-9-24-55-37/h2,4-5,8-14,24,27,34-35,38-39,45-46H,3,6-7,15-23,25-26,28-31,44H2,1H3/t34?,35?,38-,39+,43?/m1/s1. The molecule has 11 nitrogen and oxygen atoms in total. The molecule has 1 aromatic heterocycles. The van der Waals surface area contributed by atoms with Gasteiger partial charge in [0.15, 0.2) is 5.78 Å². The van der Waals surface area contributed by atoms with E-state index in [1.807, 2.05) is 23.6 Å². The number of amides is 2. The number of hydrogen-bond acceptors (Lipinski definition) is 10. The zero-order valence-electron chi connectivity index (χ0n) is 32.7. The molecule has 1 saturated carbocycles. The highest BCUT2D eigenvalue weighted by atomic mass is 32.2. The van der Waals surface area contributed by atoms with Crippen LogP contribution in [0.15, 0.2) is 72.1 Å². The van der Waals surface area contributed by atoms with E-state index in [9.17, 15) is 22.8 Å². The minimum absolute atomic E-state index is 0.0502.